The van der Waals surface area contributed by atoms with Crippen molar-refractivity contribution in [2.75, 3.05) is 13.2 Å². The molecule has 1 aliphatic heterocycles. The van der Waals surface area contributed by atoms with Crippen LogP contribution >= 0.6 is 11.3 Å². The molecule has 26 heavy (non-hydrogen) atoms. The normalized spacial score (nSPS) is 12.6. The number of benzene rings is 2. The summed E-state index contributed by atoms with van der Waals surface area (Å²) in [5.41, 5.74) is 2.89. The van der Waals surface area contributed by atoms with Crippen LogP contribution in [0.3, 0.4) is 0 Å². The molecule has 0 bridgehead atoms. The first-order valence-corrected chi connectivity index (χ1v) is 9.31. The molecular formula is C20H18N2O3S. The third kappa shape index (κ3) is 3.86. The summed E-state index contributed by atoms with van der Waals surface area (Å²) in [6, 6.07) is 15.7. The minimum Gasteiger partial charge on any atom is -0.486 e. The second kappa shape index (κ2) is 7.58. The predicted octanol–water partition coefficient (Wildman–Crippen LogP) is 3.44. The monoisotopic (exact) mass is 366 g/mol. The highest BCUT2D eigenvalue weighted by atomic mass is 32.1. The van der Waals surface area contributed by atoms with Crippen molar-refractivity contribution >= 4 is 17.2 Å². The maximum atomic E-state index is 12.1. The molecule has 6 heteroatoms. The van der Waals surface area contributed by atoms with Gasteiger partial charge in [-0.05, 0) is 23.8 Å². The molecule has 0 unspecified atom stereocenters. The molecule has 0 saturated heterocycles. The summed E-state index contributed by atoms with van der Waals surface area (Å²) in [6.45, 7) is 1.66. The molecule has 0 radical (unpaired) electrons. The van der Waals surface area contributed by atoms with E-state index in [0.29, 0.717) is 19.8 Å². The summed E-state index contributed by atoms with van der Waals surface area (Å²) in [5, 5.41) is 5.68. The Kier molecular flexibility index (Phi) is 4.84. The van der Waals surface area contributed by atoms with E-state index in [1.165, 1.54) is 11.3 Å². The Morgan fingerprint density at radius 2 is 1.88 bits per heavy atom. The Bertz CT molecular complexity index is 908. The largest absolute Gasteiger partial charge is 0.486 e. The molecule has 2 heterocycles. The Balaban J connectivity index is 1.39. The Morgan fingerprint density at radius 1 is 1.08 bits per heavy atom. The molecule has 0 spiro atoms. The van der Waals surface area contributed by atoms with Crippen molar-refractivity contribution in [3.63, 3.8) is 0 Å². The van der Waals surface area contributed by atoms with Crippen LogP contribution in [0.1, 0.15) is 10.6 Å². The summed E-state index contributed by atoms with van der Waals surface area (Å²) in [6.07, 6.45) is 0.280. The molecule has 3 aromatic rings. The highest BCUT2D eigenvalue weighted by Gasteiger charge is 2.14. The molecule has 0 aliphatic carbocycles. The zero-order valence-electron chi connectivity index (χ0n) is 14.1. The minimum absolute atomic E-state index is 0.0306. The van der Waals surface area contributed by atoms with Gasteiger partial charge in [-0.25, -0.2) is 4.98 Å². The van der Waals surface area contributed by atoms with Gasteiger partial charge in [0, 0.05) is 17.5 Å². The number of hydrogen-bond donors (Lipinski definition) is 1. The van der Waals surface area contributed by atoms with E-state index in [1.54, 1.807) is 0 Å². The number of ether oxygens (including phenoxy) is 2. The van der Waals surface area contributed by atoms with Gasteiger partial charge in [0.2, 0.25) is 5.91 Å². The van der Waals surface area contributed by atoms with E-state index in [0.717, 1.165) is 33.3 Å². The molecule has 1 amide bonds. The molecule has 0 fully saturated rings. The SMILES string of the molecule is O=C(Cc1nc(-c2ccc3c(c2)OCCO3)cs1)NCc1ccccc1. The third-order valence-electron chi connectivity index (χ3n) is 4.03. The second-order valence-electron chi connectivity index (χ2n) is 5.92. The van der Waals surface area contributed by atoms with Crippen LogP contribution in [0.25, 0.3) is 11.3 Å². The minimum atomic E-state index is -0.0306. The molecule has 4 rings (SSSR count). The van der Waals surface area contributed by atoms with Crippen LogP contribution in [0.2, 0.25) is 0 Å². The number of hydrogen-bond acceptors (Lipinski definition) is 5. The molecule has 0 saturated carbocycles. The van der Waals surface area contributed by atoms with Gasteiger partial charge >= 0.3 is 0 Å². The number of carbonyl (C=O) groups excluding carboxylic acids is 1. The van der Waals surface area contributed by atoms with Crippen LogP contribution < -0.4 is 14.8 Å². The summed E-state index contributed by atoms with van der Waals surface area (Å²) >= 11 is 1.49. The van der Waals surface area contributed by atoms with Crippen LogP contribution in [0.15, 0.2) is 53.9 Å². The molecule has 1 aromatic heterocycles. The lowest BCUT2D eigenvalue weighted by molar-refractivity contribution is -0.120. The molecule has 5 nitrogen and oxygen atoms in total. The van der Waals surface area contributed by atoms with Crippen molar-refractivity contribution < 1.29 is 14.3 Å². The van der Waals surface area contributed by atoms with Crippen molar-refractivity contribution in [3.05, 3.63) is 64.5 Å². The van der Waals surface area contributed by atoms with Crippen molar-refractivity contribution in [2.45, 2.75) is 13.0 Å². The first kappa shape index (κ1) is 16.6. The van der Waals surface area contributed by atoms with E-state index >= 15 is 0 Å². The number of nitrogens with zero attached hydrogens (tertiary/aromatic N) is 1. The van der Waals surface area contributed by atoms with Crippen LogP contribution in [0.4, 0.5) is 0 Å². The molecule has 1 N–H and O–H groups in total. The molecule has 0 atom stereocenters. The second-order valence-corrected chi connectivity index (χ2v) is 6.87. The maximum Gasteiger partial charge on any atom is 0.227 e. The maximum absolute atomic E-state index is 12.1. The quantitative estimate of drug-likeness (QED) is 0.751. The van der Waals surface area contributed by atoms with Gasteiger partial charge in [-0.15, -0.1) is 11.3 Å². The van der Waals surface area contributed by atoms with E-state index < -0.39 is 0 Å². The number of nitrogens with one attached hydrogen (secondary N) is 1. The van der Waals surface area contributed by atoms with E-state index in [-0.39, 0.29) is 12.3 Å². The van der Waals surface area contributed by atoms with E-state index in [9.17, 15) is 4.79 Å². The standard InChI is InChI=1S/C20H18N2O3S/c23-19(21-12-14-4-2-1-3-5-14)11-20-22-16(13-26-20)15-6-7-17-18(10-15)25-9-8-24-17/h1-7,10,13H,8-9,11-12H2,(H,21,23). The first-order valence-electron chi connectivity index (χ1n) is 8.43. The van der Waals surface area contributed by atoms with Crippen molar-refractivity contribution in [1.82, 2.24) is 10.3 Å². The Labute approximate surface area is 155 Å². The van der Waals surface area contributed by atoms with E-state index in [4.69, 9.17) is 9.47 Å². The molecular weight excluding hydrogens is 348 g/mol. The van der Waals surface area contributed by atoms with Gasteiger partial charge in [-0.3, -0.25) is 4.79 Å². The molecule has 1 aliphatic rings. The zero-order chi connectivity index (χ0) is 17.8. The summed E-state index contributed by atoms with van der Waals surface area (Å²) in [7, 11) is 0. The van der Waals surface area contributed by atoms with Crippen LogP contribution in [0, 0.1) is 0 Å². The topological polar surface area (TPSA) is 60.5 Å². The van der Waals surface area contributed by atoms with Gasteiger partial charge in [-0.2, -0.15) is 0 Å². The van der Waals surface area contributed by atoms with Crippen LogP contribution in [-0.4, -0.2) is 24.1 Å². The fourth-order valence-corrected chi connectivity index (χ4v) is 3.53. The average molecular weight is 366 g/mol. The number of carbonyl (C=O) groups is 1. The zero-order valence-corrected chi connectivity index (χ0v) is 14.9. The number of rotatable bonds is 5. The van der Waals surface area contributed by atoms with Crippen LogP contribution in [0.5, 0.6) is 11.5 Å². The van der Waals surface area contributed by atoms with Gasteiger partial charge < -0.3 is 14.8 Å². The fraction of sp³-hybridized carbons (Fsp3) is 0.200. The van der Waals surface area contributed by atoms with Crippen molar-refractivity contribution in [3.8, 4) is 22.8 Å². The first-order chi connectivity index (χ1) is 12.8. The molecule has 132 valence electrons. The van der Waals surface area contributed by atoms with Crippen molar-refractivity contribution in [2.24, 2.45) is 0 Å². The Morgan fingerprint density at radius 3 is 2.73 bits per heavy atom. The lowest BCUT2D eigenvalue weighted by Crippen LogP contribution is -2.24. The Hall–Kier alpha value is -2.86. The number of aromatic nitrogens is 1. The lowest BCUT2D eigenvalue weighted by atomic mass is 10.1. The lowest BCUT2D eigenvalue weighted by Gasteiger charge is -2.18. The summed E-state index contributed by atoms with van der Waals surface area (Å²) < 4.78 is 11.2. The smallest absolute Gasteiger partial charge is 0.227 e. The van der Waals surface area contributed by atoms with Gasteiger partial charge in [-0.1, -0.05) is 30.3 Å². The van der Waals surface area contributed by atoms with Gasteiger partial charge in [0.25, 0.3) is 0 Å². The molecule has 2 aromatic carbocycles. The van der Waals surface area contributed by atoms with Gasteiger partial charge in [0.15, 0.2) is 11.5 Å². The van der Waals surface area contributed by atoms with Crippen LogP contribution in [-0.2, 0) is 17.8 Å². The average Bonchev–Trinajstić information content (AvgIpc) is 3.15. The summed E-state index contributed by atoms with van der Waals surface area (Å²) in [4.78, 5) is 16.7. The predicted molar refractivity (Wildman–Crippen MR) is 101 cm³/mol. The number of amides is 1. The van der Waals surface area contributed by atoms with E-state index in [1.807, 2.05) is 53.9 Å². The summed E-state index contributed by atoms with van der Waals surface area (Å²) in [5.74, 6) is 1.47. The highest BCUT2D eigenvalue weighted by molar-refractivity contribution is 7.10. The van der Waals surface area contributed by atoms with Gasteiger partial charge in [0.1, 0.15) is 18.2 Å². The van der Waals surface area contributed by atoms with E-state index in [2.05, 4.69) is 10.3 Å². The number of thiazole rings is 1. The fourth-order valence-electron chi connectivity index (χ4n) is 2.72. The van der Waals surface area contributed by atoms with Crippen molar-refractivity contribution in [1.29, 1.82) is 0 Å². The number of fused-ring (bicyclic) bond motifs is 1. The third-order valence-corrected chi connectivity index (χ3v) is 4.88. The van der Waals surface area contributed by atoms with Gasteiger partial charge in [0.05, 0.1) is 12.1 Å². The highest BCUT2D eigenvalue weighted by Crippen LogP contribution is 2.34.